The van der Waals surface area contributed by atoms with Crippen LogP contribution in [0.2, 0.25) is 5.02 Å². The number of piperazine rings is 1. The van der Waals surface area contributed by atoms with Crippen molar-refractivity contribution in [2.24, 2.45) is 11.7 Å². The number of carbonyl (C=O) groups excluding carboxylic acids is 1. The number of halogens is 2. The van der Waals surface area contributed by atoms with Crippen molar-refractivity contribution in [1.29, 1.82) is 0 Å². The number of hydrogen-bond donors (Lipinski definition) is 3. The second-order valence-electron chi connectivity index (χ2n) is 12.2. The summed E-state index contributed by atoms with van der Waals surface area (Å²) in [6.07, 6.45) is 6.01. The highest BCUT2D eigenvalue weighted by Crippen LogP contribution is 2.39. The minimum Gasteiger partial charge on any atom is -0.379 e. The fraction of sp³-hybridized carbons (Fsp3) is 0.594. The highest BCUT2D eigenvalue weighted by Gasteiger charge is 2.39. The normalized spacial score (nSPS) is 28.4. The number of amides is 1. The molecule has 43 heavy (non-hydrogen) atoms. The minimum absolute atomic E-state index is 0.142. The van der Waals surface area contributed by atoms with Gasteiger partial charge in [-0.15, -0.1) is 0 Å². The zero-order valence-electron chi connectivity index (χ0n) is 24.8. The van der Waals surface area contributed by atoms with Gasteiger partial charge in [0.25, 0.3) is 0 Å². The second-order valence-corrected chi connectivity index (χ2v) is 14.7. The van der Waals surface area contributed by atoms with Crippen LogP contribution in [0, 0.1) is 11.7 Å². The van der Waals surface area contributed by atoms with E-state index in [1.165, 1.54) is 6.07 Å². The molecule has 1 aliphatic carbocycles. The van der Waals surface area contributed by atoms with Gasteiger partial charge in [-0.2, -0.15) is 4.31 Å². The molecule has 8 nitrogen and oxygen atoms in total. The fourth-order valence-corrected chi connectivity index (χ4v) is 9.11. The Labute approximate surface area is 259 Å². The average molecular weight is 635 g/mol. The first-order chi connectivity index (χ1) is 20.7. The van der Waals surface area contributed by atoms with E-state index >= 15 is 4.39 Å². The predicted octanol–water partition coefficient (Wildman–Crippen LogP) is 4.82. The standard InChI is InChI=1S/C32H44ClFN4O4S/c1-2-42-26-15-10-22(11-16-26)30(21-8-12-23(33)13-9-21)31(35)32(39)37-29-7-3-6-28(34)27(29)17-14-25-19-36-24-5-4-18-43(40,41)38(25)20-24/h3,6-9,12-13,22,24-26,30-31,36H,2,4-5,10-11,14-20,35H2,1H3,(H,37,39)/t22?,24-,25?,26?,30+,31+/m1/s1. The smallest absolute Gasteiger partial charge is 0.241 e. The molecule has 0 spiro atoms. The van der Waals surface area contributed by atoms with Crippen molar-refractivity contribution < 1.29 is 22.3 Å². The van der Waals surface area contributed by atoms with E-state index in [9.17, 15) is 13.2 Å². The SMILES string of the molecule is CCOC1CCC([C@H](c2ccc(Cl)cc2)[C@H](N)C(=O)Nc2cccc(F)c2CCC2CN[C@@H]3CCCS(=O)(=O)N2C3)CC1. The summed E-state index contributed by atoms with van der Waals surface area (Å²) in [6, 6.07) is 11.1. The Balaban J connectivity index is 1.31. The van der Waals surface area contributed by atoms with Gasteiger partial charge in [-0.25, -0.2) is 12.8 Å². The number of fused-ring (bicyclic) bond motifs is 2. The first-order valence-corrected chi connectivity index (χ1v) is 17.6. The number of sulfonamides is 1. The van der Waals surface area contributed by atoms with Crippen LogP contribution in [-0.4, -0.2) is 68.3 Å². The van der Waals surface area contributed by atoms with Crippen LogP contribution in [0.15, 0.2) is 42.5 Å². The number of rotatable bonds is 10. The lowest BCUT2D eigenvalue weighted by molar-refractivity contribution is -0.118. The van der Waals surface area contributed by atoms with E-state index in [4.69, 9.17) is 22.1 Å². The molecule has 2 aliphatic heterocycles. The van der Waals surface area contributed by atoms with Crippen molar-refractivity contribution in [2.75, 3.05) is 30.8 Å². The summed E-state index contributed by atoms with van der Waals surface area (Å²) in [7, 11) is -3.35. The summed E-state index contributed by atoms with van der Waals surface area (Å²) in [6.45, 7) is 3.65. The fourth-order valence-electron chi connectivity index (χ4n) is 7.17. The Morgan fingerprint density at radius 2 is 1.91 bits per heavy atom. The molecule has 4 N–H and O–H groups in total. The van der Waals surface area contributed by atoms with E-state index in [-0.39, 0.29) is 48.1 Å². The molecule has 1 amide bonds. The molecule has 2 bridgehead atoms. The molecular formula is C32H44ClFN4O4S. The van der Waals surface area contributed by atoms with Gasteiger partial charge in [0.2, 0.25) is 15.9 Å². The van der Waals surface area contributed by atoms with Crippen LogP contribution in [0.25, 0.3) is 0 Å². The van der Waals surface area contributed by atoms with Crippen LogP contribution in [0.1, 0.15) is 68.9 Å². The lowest BCUT2D eigenvalue weighted by atomic mass is 9.72. The summed E-state index contributed by atoms with van der Waals surface area (Å²) in [5, 5.41) is 7.01. The van der Waals surface area contributed by atoms with Crippen LogP contribution < -0.4 is 16.4 Å². The highest BCUT2D eigenvalue weighted by atomic mass is 35.5. The van der Waals surface area contributed by atoms with Crippen LogP contribution in [-0.2, 0) is 26.0 Å². The van der Waals surface area contributed by atoms with Crippen molar-refractivity contribution in [1.82, 2.24) is 9.62 Å². The molecule has 2 heterocycles. The topological polar surface area (TPSA) is 114 Å². The maximum Gasteiger partial charge on any atom is 0.241 e. The predicted molar refractivity (Wildman–Crippen MR) is 168 cm³/mol. The Bertz CT molecular complexity index is 1350. The van der Waals surface area contributed by atoms with Gasteiger partial charge in [-0.3, -0.25) is 4.79 Å². The largest absolute Gasteiger partial charge is 0.379 e. The number of anilines is 1. The third-order valence-corrected chi connectivity index (χ3v) is 11.7. The van der Waals surface area contributed by atoms with Crippen LogP contribution in [0.3, 0.4) is 0 Å². The van der Waals surface area contributed by atoms with Crippen molar-refractivity contribution in [2.45, 2.75) is 88.4 Å². The first kappa shape index (κ1) is 32.3. The summed E-state index contributed by atoms with van der Waals surface area (Å²) in [5.74, 6) is -0.732. The van der Waals surface area contributed by atoms with Gasteiger partial charge in [-0.05, 0) is 94.0 Å². The van der Waals surface area contributed by atoms with Gasteiger partial charge >= 0.3 is 0 Å². The van der Waals surface area contributed by atoms with E-state index < -0.39 is 21.9 Å². The van der Waals surface area contributed by atoms with E-state index in [0.717, 1.165) is 37.7 Å². The quantitative estimate of drug-likeness (QED) is 0.345. The highest BCUT2D eigenvalue weighted by molar-refractivity contribution is 7.89. The Kier molecular flexibility index (Phi) is 10.8. The molecule has 5 atom stereocenters. The molecule has 3 aliphatic rings. The Hall–Kier alpha value is -2.08. The number of benzene rings is 2. The number of nitrogens with two attached hydrogens (primary N) is 1. The molecule has 0 radical (unpaired) electrons. The molecule has 2 aromatic rings. The van der Waals surface area contributed by atoms with Gasteiger partial charge in [0.1, 0.15) is 5.82 Å². The van der Waals surface area contributed by atoms with E-state index in [1.807, 2.05) is 31.2 Å². The molecule has 3 fully saturated rings. The Morgan fingerprint density at radius 1 is 1.16 bits per heavy atom. The number of ether oxygens (including phenoxy) is 1. The van der Waals surface area contributed by atoms with E-state index in [0.29, 0.717) is 48.8 Å². The lowest BCUT2D eigenvalue weighted by Gasteiger charge is -2.37. The maximum atomic E-state index is 15.2. The van der Waals surface area contributed by atoms with Crippen LogP contribution in [0.5, 0.6) is 0 Å². The molecular weight excluding hydrogens is 591 g/mol. The van der Waals surface area contributed by atoms with Gasteiger partial charge in [0.15, 0.2) is 0 Å². The van der Waals surface area contributed by atoms with Crippen LogP contribution in [0.4, 0.5) is 10.1 Å². The molecule has 2 aromatic carbocycles. The molecule has 0 aromatic heterocycles. The average Bonchev–Trinajstić information content (AvgIpc) is 3.10. The van der Waals surface area contributed by atoms with Gasteiger partial charge in [0.05, 0.1) is 17.9 Å². The monoisotopic (exact) mass is 634 g/mol. The number of hydrogen-bond acceptors (Lipinski definition) is 6. The van der Waals surface area contributed by atoms with E-state index in [2.05, 4.69) is 10.6 Å². The zero-order chi connectivity index (χ0) is 30.6. The maximum absolute atomic E-state index is 15.2. The molecule has 236 valence electrons. The zero-order valence-corrected chi connectivity index (χ0v) is 26.4. The molecule has 2 saturated heterocycles. The number of nitrogens with one attached hydrogen (secondary N) is 2. The van der Waals surface area contributed by atoms with Crippen LogP contribution >= 0.6 is 11.6 Å². The first-order valence-electron chi connectivity index (χ1n) is 15.6. The second kappa shape index (κ2) is 14.3. The number of carbonyl (C=O) groups is 1. The van der Waals surface area contributed by atoms with Gasteiger partial charge in [-0.1, -0.05) is 29.8 Å². The summed E-state index contributed by atoms with van der Waals surface area (Å²) in [5.41, 5.74) is 8.41. The van der Waals surface area contributed by atoms with Crippen molar-refractivity contribution >= 4 is 33.2 Å². The molecule has 2 unspecified atom stereocenters. The van der Waals surface area contributed by atoms with Crippen molar-refractivity contribution in [3.8, 4) is 0 Å². The van der Waals surface area contributed by atoms with Gasteiger partial charge < -0.3 is 21.1 Å². The van der Waals surface area contributed by atoms with E-state index in [1.54, 1.807) is 16.4 Å². The molecule has 5 rings (SSSR count). The summed E-state index contributed by atoms with van der Waals surface area (Å²) in [4.78, 5) is 13.7. The lowest BCUT2D eigenvalue weighted by Crippen LogP contribution is -2.57. The third-order valence-electron chi connectivity index (χ3n) is 9.44. The summed E-state index contributed by atoms with van der Waals surface area (Å²) >= 11 is 6.17. The van der Waals surface area contributed by atoms with Gasteiger partial charge in [0, 0.05) is 54.0 Å². The minimum atomic E-state index is -3.35. The third kappa shape index (κ3) is 7.78. The number of nitrogens with zero attached hydrogens (tertiary/aromatic N) is 1. The Morgan fingerprint density at radius 3 is 2.63 bits per heavy atom. The van der Waals surface area contributed by atoms with Crippen molar-refractivity contribution in [3.63, 3.8) is 0 Å². The summed E-state index contributed by atoms with van der Waals surface area (Å²) < 4.78 is 48.5. The molecule has 11 heteroatoms. The van der Waals surface area contributed by atoms with Crippen molar-refractivity contribution in [3.05, 3.63) is 64.4 Å². The molecule has 1 saturated carbocycles.